The van der Waals surface area contributed by atoms with E-state index in [0.29, 0.717) is 23.8 Å². The number of benzene rings is 2. The topological polar surface area (TPSA) is 126 Å². The Morgan fingerprint density at radius 2 is 1.79 bits per heavy atom. The molecule has 1 atom stereocenters. The van der Waals surface area contributed by atoms with Crippen molar-refractivity contribution in [3.8, 4) is 0 Å². The number of carboxylic acid groups (broad SMARTS) is 1. The number of ketones is 1. The fourth-order valence-corrected chi connectivity index (χ4v) is 4.35. The van der Waals surface area contributed by atoms with Crippen LogP contribution in [-0.4, -0.2) is 35.6 Å². The zero-order chi connectivity index (χ0) is 27.8. The monoisotopic (exact) mass is 552 g/mol. The molecule has 198 valence electrons. The quantitative estimate of drug-likeness (QED) is 0.179. The number of halogens is 5. The number of pyridine rings is 1. The number of nitrogens with one attached hydrogen (secondary N) is 1. The Morgan fingerprint density at radius 3 is 2.39 bits per heavy atom. The van der Waals surface area contributed by atoms with Crippen LogP contribution >= 0.6 is 0 Å². The Bertz CT molecular complexity index is 1570. The minimum atomic E-state index is -4.71. The lowest BCUT2D eigenvalue weighted by Gasteiger charge is -2.27. The van der Waals surface area contributed by atoms with E-state index in [9.17, 15) is 35.9 Å². The van der Waals surface area contributed by atoms with Gasteiger partial charge < -0.3 is 14.6 Å². The molecule has 1 unspecified atom stereocenters. The average Bonchev–Trinajstić information content (AvgIpc) is 3.27. The van der Waals surface area contributed by atoms with Crippen molar-refractivity contribution in [1.29, 1.82) is 0 Å². The number of hydrogen-bond donors (Lipinski definition) is 2. The van der Waals surface area contributed by atoms with Crippen LogP contribution in [0.15, 0.2) is 54.9 Å². The van der Waals surface area contributed by atoms with Crippen LogP contribution in [0.1, 0.15) is 33.5 Å². The molecule has 2 aromatic heterocycles. The number of hydrogen-bond acceptors (Lipinski definition) is 5. The third-order valence-electron chi connectivity index (χ3n) is 5.55. The number of carbonyl (C=O) groups is 2. The maximum Gasteiger partial charge on any atom is 0.416 e. The molecule has 0 aliphatic heterocycles. The van der Waals surface area contributed by atoms with Crippen molar-refractivity contribution in [2.45, 2.75) is 19.0 Å². The third kappa shape index (κ3) is 5.26. The summed E-state index contributed by atoms with van der Waals surface area (Å²) in [5, 5.41) is 9.03. The number of anilines is 2. The SMILES string of the molecule is O=C(O)CCc1cnc2[nH]cc(C(=O)c3c(F)ccc(N(c4ccc(C(F)(F)F)cc4)S(=O)[O-])c3F)c2c1. The largest absolute Gasteiger partial charge is 0.755 e. The van der Waals surface area contributed by atoms with Crippen LogP contribution in [0.25, 0.3) is 11.0 Å². The predicted octanol–water partition coefficient (Wildman–Crippen LogP) is 5.04. The lowest BCUT2D eigenvalue weighted by molar-refractivity contribution is -0.138. The van der Waals surface area contributed by atoms with Gasteiger partial charge in [-0.3, -0.25) is 18.1 Å². The van der Waals surface area contributed by atoms with Gasteiger partial charge in [-0.15, -0.1) is 0 Å². The molecule has 0 saturated carbocycles. The lowest BCUT2D eigenvalue weighted by atomic mass is 10.00. The van der Waals surface area contributed by atoms with E-state index in [-0.39, 0.29) is 33.7 Å². The van der Waals surface area contributed by atoms with Crippen LogP contribution in [0.5, 0.6) is 0 Å². The smallest absolute Gasteiger partial charge is 0.416 e. The number of nitrogens with zero attached hydrogens (tertiary/aromatic N) is 2. The fraction of sp³-hybridized carbons (Fsp3) is 0.125. The highest BCUT2D eigenvalue weighted by Crippen LogP contribution is 2.36. The molecule has 0 fully saturated rings. The molecule has 14 heteroatoms. The highest BCUT2D eigenvalue weighted by Gasteiger charge is 2.31. The number of aromatic nitrogens is 2. The van der Waals surface area contributed by atoms with Crippen molar-refractivity contribution in [1.82, 2.24) is 9.97 Å². The molecule has 2 aromatic carbocycles. The van der Waals surface area contributed by atoms with Gasteiger partial charge in [0, 0.05) is 29.8 Å². The first-order valence-electron chi connectivity index (χ1n) is 10.7. The highest BCUT2D eigenvalue weighted by atomic mass is 32.2. The molecule has 0 amide bonds. The Labute approximate surface area is 213 Å². The summed E-state index contributed by atoms with van der Waals surface area (Å²) in [5.41, 5.74) is -2.98. The number of H-pyrrole nitrogens is 1. The van der Waals surface area contributed by atoms with Gasteiger partial charge in [-0.2, -0.15) is 13.2 Å². The van der Waals surface area contributed by atoms with Gasteiger partial charge in [0.1, 0.15) is 11.5 Å². The first-order valence-corrected chi connectivity index (χ1v) is 11.7. The van der Waals surface area contributed by atoms with Crippen LogP contribution in [0.3, 0.4) is 0 Å². The molecule has 0 aliphatic carbocycles. The summed E-state index contributed by atoms with van der Waals surface area (Å²) in [7, 11) is 0. The van der Waals surface area contributed by atoms with E-state index in [4.69, 9.17) is 5.11 Å². The molecular formula is C24H15F5N3O5S-. The number of rotatable bonds is 8. The lowest BCUT2D eigenvalue weighted by Crippen LogP contribution is -2.22. The standard InChI is InChI=1S/C24H16F5N3O5S/c25-17-6-7-18(32(38(36)37)14-4-2-13(3-5-14)24(27,28)29)21(26)20(17)22(35)16-11-31-23-15(16)9-12(10-30-23)1-8-19(33)34/h2-7,9-11H,1,8H2,(H,30,31)(H,33,34)(H,36,37)/p-1. The van der Waals surface area contributed by atoms with Gasteiger partial charge in [-0.05, 0) is 54.4 Å². The summed E-state index contributed by atoms with van der Waals surface area (Å²) in [6.07, 6.45) is -2.33. The van der Waals surface area contributed by atoms with Crippen molar-refractivity contribution in [3.63, 3.8) is 0 Å². The van der Waals surface area contributed by atoms with Gasteiger partial charge >= 0.3 is 12.1 Å². The Kier molecular flexibility index (Phi) is 7.29. The molecule has 0 radical (unpaired) electrons. The van der Waals surface area contributed by atoms with E-state index in [0.717, 1.165) is 24.4 Å². The molecular weight excluding hydrogens is 537 g/mol. The maximum absolute atomic E-state index is 15.6. The number of aryl methyl sites for hydroxylation is 1. The minimum absolute atomic E-state index is 0.0761. The van der Waals surface area contributed by atoms with Crippen LogP contribution in [0, 0.1) is 11.6 Å². The Hall–Kier alpha value is -4.17. The molecule has 0 spiro atoms. The number of carbonyl (C=O) groups excluding carboxylic acids is 1. The van der Waals surface area contributed by atoms with Crippen molar-refractivity contribution < 1.29 is 45.4 Å². The van der Waals surface area contributed by atoms with Gasteiger partial charge in [0.05, 0.1) is 33.8 Å². The number of carboxylic acids is 1. The number of aliphatic carboxylic acids is 1. The van der Waals surface area contributed by atoms with E-state index in [1.54, 1.807) is 0 Å². The second-order valence-electron chi connectivity index (χ2n) is 7.98. The molecule has 4 rings (SSSR count). The van der Waals surface area contributed by atoms with Crippen LogP contribution in [0.4, 0.5) is 33.3 Å². The fourth-order valence-electron chi connectivity index (χ4n) is 3.75. The van der Waals surface area contributed by atoms with Gasteiger partial charge in [0.25, 0.3) is 0 Å². The molecule has 0 bridgehead atoms. The maximum atomic E-state index is 15.6. The molecule has 2 N–H and O–H groups in total. The zero-order valence-electron chi connectivity index (χ0n) is 18.9. The summed E-state index contributed by atoms with van der Waals surface area (Å²) >= 11 is -3.28. The summed E-state index contributed by atoms with van der Waals surface area (Å²) in [4.78, 5) is 30.9. The first-order chi connectivity index (χ1) is 17.9. The molecule has 4 aromatic rings. The van der Waals surface area contributed by atoms with Gasteiger partial charge in [-0.25, -0.2) is 13.8 Å². The van der Waals surface area contributed by atoms with Crippen molar-refractivity contribution in [2.75, 3.05) is 4.31 Å². The summed E-state index contributed by atoms with van der Waals surface area (Å²) in [6.45, 7) is 0. The van der Waals surface area contributed by atoms with Crippen LogP contribution in [0.2, 0.25) is 0 Å². The highest BCUT2D eigenvalue weighted by molar-refractivity contribution is 7.81. The second kappa shape index (κ2) is 10.3. The van der Waals surface area contributed by atoms with E-state index < -0.39 is 63.3 Å². The van der Waals surface area contributed by atoms with E-state index in [2.05, 4.69) is 9.97 Å². The van der Waals surface area contributed by atoms with E-state index in [1.165, 1.54) is 12.3 Å². The average molecular weight is 552 g/mol. The van der Waals surface area contributed by atoms with E-state index in [1.807, 2.05) is 0 Å². The third-order valence-corrected chi connectivity index (χ3v) is 6.26. The molecule has 38 heavy (non-hydrogen) atoms. The Morgan fingerprint density at radius 1 is 1.11 bits per heavy atom. The summed E-state index contributed by atoms with van der Waals surface area (Å²) < 4.78 is 93.2. The van der Waals surface area contributed by atoms with Crippen molar-refractivity contribution in [3.05, 3.63) is 88.7 Å². The number of aromatic amines is 1. The summed E-state index contributed by atoms with van der Waals surface area (Å²) in [6, 6.07) is 5.57. The van der Waals surface area contributed by atoms with Gasteiger partial charge in [-0.1, -0.05) is 0 Å². The van der Waals surface area contributed by atoms with Crippen molar-refractivity contribution in [2.24, 2.45) is 0 Å². The van der Waals surface area contributed by atoms with E-state index >= 15 is 4.39 Å². The van der Waals surface area contributed by atoms with Crippen molar-refractivity contribution >= 4 is 45.4 Å². The number of alkyl halides is 3. The van der Waals surface area contributed by atoms with Gasteiger partial charge in [0.2, 0.25) is 5.78 Å². The molecule has 0 saturated heterocycles. The zero-order valence-corrected chi connectivity index (χ0v) is 19.7. The first kappa shape index (κ1) is 26.9. The molecule has 8 nitrogen and oxygen atoms in total. The minimum Gasteiger partial charge on any atom is -0.755 e. The second-order valence-corrected chi connectivity index (χ2v) is 8.78. The van der Waals surface area contributed by atoms with Gasteiger partial charge in [0.15, 0.2) is 5.82 Å². The number of fused-ring (bicyclic) bond motifs is 1. The summed E-state index contributed by atoms with van der Waals surface area (Å²) in [5.74, 6) is -5.12. The normalized spacial score (nSPS) is 12.5. The Balaban J connectivity index is 1.78. The predicted molar refractivity (Wildman–Crippen MR) is 124 cm³/mol. The van der Waals surface area contributed by atoms with Crippen LogP contribution < -0.4 is 4.31 Å². The molecule has 0 aliphatic rings. The van der Waals surface area contributed by atoms with Crippen LogP contribution in [-0.2, 0) is 28.7 Å². The molecule has 2 heterocycles.